The van der Waals surface area contributed by atoms with Gasteiger partial charge >= 0.3 is 0 Å². The Morgan fingerprint density at radius 1 is 1.22 bits per heavy atom. The highest BCUT2D eigenvalue weighted by Crippen LogP contribution is 2.16. The van der Waals surface area contributed by atoms with Gasteiger partial charge in [0.1, 0.15) is 5.82 Å². The van der Waals surface area contributed by atoms with Gasteiger partial charge in [0.05, 0.1) is 5.56 Å². The lowest BCUT2D eigenvalue weighted by atomic mass is 10.0. The third-order valence-electron chi connectivity index (χ3n) is 2.68. The minimum atomic E-state index is -0.458. The predicted molar refractivity (Wildman–Crippen MR) is 73.3 cm³/mol. The monoisotopic (exact) mass is 306 g/mol. The largest absolute Gasteiger partial charge is 0.294 e. The summed E-state index contributed by atoms with van der Waals surface area (Å²) in [6.07, 6.45) is 0.208. The highest BCUT2D eigenvalue weighted by atomic mass is 79.9. The number of hydrogen-bond acceptors (Lipinski definition) is 1. The first-order valence-electron chi connectivity index (χ1n) is 5.60. The summed E-state index contributed by atoms with van der Waals surface area (Å²) in [6, 6.07) is 12.1. The van der Waals surface area contributed by atoms with E-state index in [1.807, 2.05) is 31.2 Å². The van der Waals surface area contributed by atoms with Crippen LogP contribution in [0.2, 0.25) is 0 Å². The number of halogens is 2. The Hall–Kier alpha value is -1.48. The maximum Gasteiger partial charge on any atom is 0.170 e. The Kier molecular flexibility index (Phi) is 3.92. The summed E-state index contributed by atoms with van der Waals surface area (Å²) >= 11 is 3.35. The van der Waals surface area contributed by atoms with Crippen molar-refractivity contribution in [2.45, 2.75) is 13.3 Å². The van der Waals surface area contributed by atoms with Gasteiger partial charge < -0.3 is 0 Å². The zero-order chi connectivity index (χ0) is 13.1. The molecule has 0 N–H and O–H groups in total. The first kappa shape index (κ1) is 13.0. The summed E-state index contributed by atoms with van der Waals surface area (Å²) in [5.74, 6) is -0.658. The van der Waals surface area contributed by atoms with Crippen LogP contribution in [0.5, 0.6) is 0 Å². The fourth-order valence-corrected chi connectivity index (χ4v) is 2.23. The van der Waals surface area contributed by atoms with Crippen molar-refractivity contribution < 1.29 is 9.18 Å². The Morgan fingerprint density at radius 3 is 2.72 bits per heavy atom. The van der Waals surface area contributed by atoms with Crippen molar-refractivity contribution in [1.29, 1.82) is 0 Å². The molecule has 0 amide bonds. The van der Waals surface area contributed by atoms with Gasteiger partial charge in [-0.05, 0) is 36.8 Å². The maximum atomic E-state index is 13.6. The number of hydrogen-bond donors (Lipinski definition) is 0. The highest BCUT2D eigenvalue weighted by molar-refractivity contribution is 9.10. The van der Waals surface area contributed by atoms with Gasteiger partial charge in [-0.1, -0.05) is 39.7 Å². The molecule has 2 rings (SSSR count). The van der Waals surface area contributed by atoms with Crippen molar-refractivity contribution >= 4 is 21.7 Å². The highest BCUT2D eigenvalue weighted by Gasteiger charge is 2.12. The second-order valence-electron chi connectivity index (χ2n) is 4.21. The van der Waals surface area contributed by atoms with Crippen molar-refractivity contribution in [2.75, 3.05) is 0 Å². The summed E-state index contributed by atoms with van der Waals surface area (Å²) in [5.41, 5.74) is 1.92. The molecule has 0 aliphatic heterocycles. The zero-order valence-electron chi connectivity index (χ0n) is 9.91. The summed E-state index contributed by atoms with van der Waals surface area (Å²) in [5, 5.41) is 0. The average Bonchev–Trinajstić information content (AvgIpc) is 2.32. The molecule has 92 valence electrons. The molecule has 18 heavy (non-hydrogen) atoms. The zero-order valence-corrected chi connectivity index (χ0v) is 11.5. The quantitative estimate of drug-likeness (QED) is 0.772. The molecular weight excluding hydrogens is 295 g/mol. The van der Waals surface area contributed by atoms with Crippen LogP contribution in [0.15, 0.2) is 46.9 Å². The molecule has 0 saturated heterocycles. The molecule has 0 atom stereocenters. The molecule has 0 aliphatic rings. The van der Waals surface area contributed by atoms with Crippen LogP contribution in [0.3, 0.4) is 0 Å². The van der Waals surface area contributed by atoms with E-state index >= 15 is 0 Å². The minimum absolute atomic E-state index is 0.162. The van der Waals surface area contributed by atoms with Gasteiger partial charge in [-0.2, -0.15) is 0 Å². The molecule has 0 radical (unpaired) electrons. The van der Waals surface area contributed by atoms with E-state index in [9.17, 15) is 9.18 Å². The second-order valence-corrected chi connectivity index (χ2v) is 5.13. The summed E-state index contributed by atoms with van der Waals surface area (Å²) < 4.78 is 14.5. The summed E-state index contributed by atoms with van der Waals surface area (Å²) in [7, 11) is 0. The molecular formula is C15H12BrFO. The second kappa shape index (κ2) is 5.44. The third kappa shape index (κ3) is 3.05. The fourth-order valence-electron chi connectivity index (χ4n) is 1.78. The smallest absolute Gasteiger partial charge is 0.170 e. The molecule has 0 fully saturated rings. The molecule has 3 heteroatoms. The standard InChI is InChI=1S/C15H12BrFO/c1-10-5-6-14(17)13(7-10)15(18)9-11-3-2-4-12(16)8-11/h2-8H,9H2,1H3. The van der Waals surface area contributed by atoms with E-state index in [1.165, 1.54) is 6.07 Å². The Morgan fingerprint density at radius 2 is 2.00 bits per heavy atom. The predicted octanol–water partition coefficient (Wildman–Crippen LogP) is 4.32. The van der Waals surface area contributed by atoms with E-state index < -0.39 is 5.82 Å². The molecule has 0 aromatic heterocycles. The lowest BCUT2D eigenvalue weighted by molar-refractivity contribution is 0.0989. The van der Waals surface area contributed by atoms with Crippen molar-refractivity contribution in [3.63, 3.8) is 0 Å². The fraction of sp³-hybridized carbons (Fsp3) is 0.133. The molecule has 0 bridgehead atoms. The van der Waals surface area contributed by atoms with Gasteiger partial charge in [-0.3, -0.25) is 4.79 Å². The van der Waals surface area contributed by atoms with Crippen molar-refractivity contribution in [3.05, 3.63) is 69.4 Å². The number of benzene rings is 2. The third-order valence-corrected chi connectivity index (χ3v) is 3.17. The van der Waals surface area contributed by atoms with Gasteiger partial charge in [0.15, 0.2) is 5.78 Å². The Bertz CT molecular complexity index is 593. The summed E-state index contributed by atoms with van der Waals surface area (Å²) in [4.78, 5) is 12.0. The number of ketones is 1. The topological polar surface area (TPSA) is 17.1 Å². The molecule has 0 heterocycles. The molecule has 1 nitrogen and oxygen atoms in total. The van der Waals surface area contributed by atoms with Crippen LogP contribution in [0.1, 0.15) is 21.5 Å². The molecule has 0 aliphatic carbocycles. The van der Waals surface area contributed by atoms with Crippen LogP contribution in [0.4, 0.5) is 4.39 Å². The van der Waals surface area contributed by atoms with Gasteiger partial charge in [0.25, 0.3) is 0 Å². The number of Topliss-reactive ketones (excluding diaryl/α,β-unsaturated/α-hetero) is 1. The van der Waals surface area contributed by atoms with Gasteiger partial charge in [0.2, 0.25) is 0 Å². The molecule has 0 spiro atoms. The Labute approximate surface area is 114 Å². The normalized spacial score (nSPS) is 10.4. The van der Waals surface area contributed by atoms with E-state index in [1.54, 1.807) is 12.1 Å². The van der Waals surface area contributed by atoms with Crippen LogP contribution in [0.25, 0.3) is 0 Å². The van der Waals surface area contributed by atoms with Crippen molar-refractivity contribution in [3.8, 4) is 0 Å². The van der Waals surface area contributed by atoms with Crippen LogP contribution in [0, 0.1) is 12.7 Å². The summed E-state index contributed by atoms with van der Waals surface area (Å²) in [6.45, 7) is 1.84. The number of aryl methyl sites for hydroxylation is 1. The average molecular weight is 307 g/mol. The van der Waals surface area contributed by atoms with E-state index in [2.05, 4.69) is 15.9 Å². The first-order chi connectivity index (χ1) is 8.56. The number of carbonyl (C=O) groups excluding carboxylic acids is 1. The molecule has 0 saturated carbocycles. The SMILES string of the molecule is Cc1ccc(F)c(C(=O)Cc2cccc(Br)c2)c1. The van der Waals surface area contributed by atoms with Crippen LogP contribution < -0.4 is 0 Å². The van der Waals surface area contributed by atoms with Crippen molar-refractivity contribution in [2.24, 2.45) is 0 Å². The van der Waals surface area contributed by atoms with Gasteiger partial charge in [-0.25, -0.2) is 4.39 Å². The lowest BCUT2D eigenvalue weighted by Gasteiger charge is -2.04. The van der Waals surface area contributed by atoms with Crippen LogP contribution in [-0.2, 0) is 6.42 Å². The molecule has 2 aromatic rings. The van der Waals surface area contributed by atoms with Gasteiger partial charge in [0, 0.05) is 10.9 Å². The molecule has 2 aromatic carbocycles. The van der Waals surface area contributed by atoms with Crippen LogP contribution >= 0.6 is 15.9 Å². The van der Waals surface area contributed by atoms with Crippen molar-refractivity contribution in [1.82, 2.24) is 0 Å². The van der Waals surface area contributed by atoms with E-state index in [4.69, 9.17) is 0 Å². The van der Waals surface area contributed by atoms with E-state index in [0.29, 0.717) is 0 Å². The van der Waals surface area contributed by atoms with Crippen LogP contribution in [-0.4, -0.2) is 5.78 Å². The molecule has 0 unspecified atom stereocenters. The van der Waals surface area contributed by atoms with E-state index in [-0.39, 0.29) is 17.8 Å². The minimum Gasteiger partial charge on any atom is -0.294 e. The van der Waals surface area contributed by atoms with E-state index in [0.717, 1.165) is 15.6 Å². The van der Waals surface area contributed by atoms with Gasteiger partial charge in [-0.15, -0.1) is 0 Å². The Balaban J connectivity index is 2.24. The number of carbonyl (C=O) groups is 1. The lowest BCUT2D eigenvalue weighted by Crippen LogP contribution is -2.06. The maximum absolute atomic E-state index is 13.6. The first-order valence-corrected chi connectivity index (χ1v) is 6.39. The number of rotatable bonds is 3.